The first-order chi connectivity index (χ1) is 13.9. The molecule has 2 aliphatic rings. The van der Waals surface area contributed by atoms with Crippen LogP contribution in [0, 0.1) is 11.8 Å². The Balaban J connectivity index is 0.000000404. The van der Waals surface area contributed by atoms with Gasteiger partial charge in [0.25, 0.3) is 0 Å². The summed E-state index contributed by atoms with van der Waals surface area (Å²) in [5, 5.41) is 6.79. The van der Waals surface area contributed by atoms with Crippen molar-refractivity contribution < 1.29 is 4.79 Å². The van der Waals surface area contributed by atoms with Crippen molar-refractivity contribution >= 4 is 34.0 Å². The van der Waals surface area contributed by atoms with Crippen molar-refractivity contribution in [2.75, 3.05) is 11.9 Å². The number of rotatable bonds is 3. The first-order valence-electron chi connectivity index (χ1n) is 11.2. The summed E-state index contributed by atoms with van der Waals surface area (Å²) in [6, 6.07) is 0. The molecule has 1 aromatic rings. The highest BCUT2D eigenvalue weighted by molar-refractivity contribution is 7.19. The zero-order valence-corrected chi connectivity index (χ0v) is 20.9. The molecule has 4 nitrogen and oxygen atoms in total. The molecule has 1 amide bonds. The zero-order valence-electron chi connectivity index (χ0n) is 19.3. The number of aromatic nitrogens is 1. The Morgan fingerprint density at radius 1 is 1.24 bits per heavy atom. The fourth-order valence-electron chi connectivity index (χ4n) is 3.00. The molecule has 1 saturated carbocycles. The molecule has 0 bridgehead atoms. The molecule has 6 heteroatoms. The van der Waals surface area contributed by atoms with Gasteiger partial charge in [0, 0.05) is 18.7 Å². The van der Waals surface area contributed by atoms with Crippen LogP contribution in [0.5, 0.6) is 0 Å². The van der Waals surface area contributed by atoms with Gasteiger partial charge in [0.2, 0.25) is 5.91 Å². The molecule has 168 valence electrons. The van der Waals surface area contributed by atoms with Gasteiger partial charge < -0.3 is 10.6 Å². The number of piperidine rings is 1. The summed E-state index contributed by atoms with van der Waals surface area (Å²) >= 11 is 7.16. The van der Waals surface area contributed by atoms with E-state index in [0.29, 0.717) is 10.3 Å². The van der Waals surface area contributed by atoms with Gasteiger partial charge in [0.05, 0.1) is 6.20 Å². The minimum Gasteiger partial charge on any atom is -0.356 e. The Bertz CT molecular complexity index is 558. The van der Waals surface area contributed by atoms with Crippen LogP contribution in [-0.4, -0.2) is 17.4 Å². The van der Waals surface area contributed by atoms with Crippen LogP contribution in [0.1, 0.15) is 92.9 Å². The van der Waals surface area contributed by atoms with Gasteiger partial charge in [0.15, 0.2) is 5.13 Å². The van der Waals surface area contributed by atoms with E-state index in [9.17, 15) is 4.79 Å². The molecule has 1 aromatic heterocycles. The second-order valence-electron chi connectivity index (χ2n) is 7.58. The SMILES string of the molecule is CC.CC/C=C(\C)Nc1ncc(Cl)s1.CC1CCC(=O)NC1.CC1CCCCC1. The molecule has 1 unspecified atom stereocenters. The van der Waals surface area contributed by atoms with Crippen LogP contribution in [-0.2, 0) is 4.79 Å². The zero-order chi connectivity index (χ0) is 22.1. The van der Waals surface area contributed by atoms with E-state index in [-0.39, 0.29) is 5.91 Å². The van der Waals surface area contributed by atoms with Crippen LogP contribution >= 0.6 is 22.9 Å². The van der Waals surface area contributed by atoms with Gasteiger partial charge in [0.1, 0.15) is 4.34 Å². The summed E-state index contributed by atoms with van der Waals surface area (Å²) in [6.07, 6.45) is 14.0. The van der Waals surface area contributed by atoms with Crippen molar-refractivity contribution in [2.45, 2.75) is 92.9 Å². The molecular formula is C23H42ClN3OS. The predicted octanol–water partition coefficient (Wildman–Crippen LogP) is 7.67. The van der Waals surface area contributed by atoms with E-state index in [1.807, 2.05) is 20.8 Å². The highest BCUT2D eigenvalue weighted by Gasteiger charge is 2.12. The van der Waals surface area contributed by atoms with Crippen LogP contribution in [0.25, 0.3) is 0 Å². The fourth-order valence-corrected chi connectivity index (χ4v) is 3.88. The van der Waals surface area contributed by atoms with Crippen LogP contribution in [0.15, 0.2) is 18.0 Å². The van der Waals surface area contributed by atoms with Crippen molar-refractivity contribution in [1.82, 2.24) is 10.3 Å². The first-order valence-corrected chi connectivity index (χ1v) is 12.4. The molecule has 29 heavy (non-hydrogen) atoms. The molecule has 0 spiro atoms. The lowest BCUT2D eigenvalue weighted by Gasteiger charge is -2.17. The summed E-state index contributed by atoms with van der Waals surface area (Å²) < 4.78 is 0.710. The Labute approximate surface area is 187 Å². The number of hydrogen-bond acceptors (Lipinski definition) is 4. The molecule has 2 fully saturated rings. The molecule has 1 saturated heterocycles. The van der Waals surface area contributed by atoms with E-state index in [1.165, 1.54) is 43.4 Å². The average molecular weight is 444 g/mol. The maximum Gasteiger partial charge on any atom is 0.220 e. The number of anilines is 1. The van der Waals surface area contributed by atoms with Crippen LogP contribution in [0.2, 0.25) is 4.34 Å². The van der Waals surface area contributed by atoms with Gasteiger partial charge in [-0.15, -0.1) is 0 Å². The van der Waals surface area contributed by atoms with Crippen LogP contribution in [0.3, 0.4) is 0 Å². The summed E-state index contributed by atoms with van der Waals surface area (Å²) in [7, 11) is 0. The van der Waals surface area contributed by atoms with Gasteiger partial charge in [-0.05, 0) is 31.6 Å². The summed E-state index contributed by atoms with van der Waals surface area (Å²) in [5.74, 6) is 1.93. The number of carbonyl (C=O) groups is 1. The monoisotopic (exact) mass is 443 g/mol. The molecule has 0 aromatic carbocycles. The van der Waals surface area contributed by atoms with Crippen molar-refractivity contribution in [3.63, 3.8) is 0 Å². The third-order valence-corrected chi connectivity index (χ3v) is 5.73. The van der Waals surface area contributed by atoms with Crippen molar-refractivity contribution in [3.8, 4) is 0 Å². The lowest BCUT2D eigenvalue weighted by Crippen LogP contribution is -2.33. The van der Waals surface area contributed by atoms with Gasteiger partial charge >= 0.3 is 0 Å². The summed E-state index contributed by atoms with van der Waals surface area (Å²) in [6.45, 7) is 13.5. The number of allylic oxidation sites excluding steroid dienone is 2. The topological polar surface area (TPSA) is 54.0 Å². The third kappa shape index (κ3) is 15.4. The molecule has 1 aliphatic heterocycles. The van der Waals surface area contributed by atoms with Gasteiger partial charge in [-0.1, -0.05) is 95.7 Å². The average Bonchev–Trinajstić information content (AvgIpc) is 3.12. The second-order valence-corrected chi connectivity index (χ2v) is 9.24. The third-order valence-electron chi connectivity index (χ3n) is 4.70. The Morgan fingerprint density at radius 3 is 2.28 bits per heavy atom. The standard InChI is InChI=1S/C8H11ClN2S.C7H14.C6H11NO.C2H6/c1-3-4-6(2)11-8-10-5-7(9)12-8;1-7-5-3-2-4-6-7;1-5-2-3-6(8)7-4-5;1-2/h4-5H,3H2,1-2H3,(H,10,11);7H,2-6H2,1H3;5H,2-4H2,1H3,(H,7,8);1-2H3/b6-4+;;;. The van der Waals surface area contributed by atoms with Gasteiger partial charge in [-0.3, -0.25) is 4.79 Å². The van der Waals surface area contributed by atoms with Crippen LogP contribution < -0.4 is 10.6 Å². The quantitative estimate of drug-likeness (QED) is 0.503. The Kier molecular flexibility index (Phi) is 17.1. The number of hydrogen-bond donors (Lipinski definition) is 2. The Morgan fingerprint density at radius 2 is 1.90 bits per heavy atom. The van der Waals surface area contributed by atoms with E-state index in [0.717, 1.165) is 42.6 Å². The summed E-state index contributed by atoms with van der Waals surface area (Å²) in [5.41, 5.74) is 1.11. The lowest BCUT2D eigenvalue weighted by atomic mass is 9.91. The summed E-state index contributed by atoms with van der Waals surface area (Å²) in [4.78, 5) is 14.6. The van der Waals surface area contributed by atoms with E-state index in [1.54, 1.807) is 6.20 Å². The van der Waals surface area contributed by atoms with E-state index >= 15 is 0 Å². The normalized spacial score (nSPS) is 19.3. The number of halogens is 1. The first kappa shape index (κ1) is 27.9. The highest BCUT2D eigenvalue weighted by Crippen LogP contribution is 2.23. The minimum absolute atomic E-state index is 0.211. The minimum atomic E-state index is 0.211. The smallest absolute Gasteiger partial charge is 0.220 e. The Hall–Kier alpha value is -1.07. The number of carbonyl (C=O) groups excluding carboxylic acids is 1. The lowest BCUT2D eigenvalue weighted by molar-refractivity contribution is -0.122. The number of nitrogens with one attached hydrogen (secondary N) is 2. The molecule has 1 aliphatic carbocycles. The maximum atomic E-state index is 10.5. The largest absolute Gasteiger partial charge is 0.356 e. The predicted molar refractivity (Wildman–Crippen MR) is 130 cm³/mol. The fraction of sp³-hybridized carbons (Fsp3) is 0.739. The molecular weight excluding hydrogens is 402 g/mol. The van der Waals surface area contributed by atoms with Crippen molar-refractivity contribution in [3.05, 3.63) is 22.3 Å². The molecule has 0 radical (unpaired) electrons. The number of amides is 1. The number of nitrogens with zero attached hydrogens (tertiary/aromatic N) is 1. The van der Waals surface area contributed by atoms with Gasteiger partial charge in [-0.25, -0.2) is 4.98 Å². The molecule has 3 rings (SSSR count). The molecule has 2 N–H and O–H groups in total. The second kappa shape index (κ2) is 17.8. The maximum absolute atomic E-state index is 10.5. The van der Waals surface area contributed by atoms with Crippen LogP contribution in [0.4, 0.5) is 5.13 Å². The molecule has 2 heterocycles. The van der Waals surface area contributed by atoms with Gasteiger partial charge in [-0.2, -0.15) is 0 Å². The van der Waals surface area contributed by atoms with Crippen molar-refractivity contribution in [1.29, 1.82) is 0 Å². The van der Waals surface area contributed by atoms with E-state index in [2.05, 4.69) is 42.5 Å². The number of thiazole rings is 1. The van der Waals surface area contributed by atoms with Crippen molar-refractivity contribution in [2.24, 2.45) is 11.8 Å². The molecule has 1 atom stereocenters. The van der Waals surface area contributed by atoms with E-state index in [4.69, 9.17) is 11.6 Å². The van der Waals surface area contributed by atoms with E-state index < -0.39 is 0 Å². The highest BCUT2D eigenvalue weighted by atomic mass is 35.5.